The number of nitriles is 1. The Labute approximate surface area is 114 Å². The summed E-state index contributed by atoms with van der Waals surface area (Å²) < 4.78 is 25.6. The van der Waals surface area contributed by atoms with Gasteiger partial charge in [-0.05, 0) is 24.5 Å². The highest BCUT2D eigenvalue weighted by molar-refractivity contribution is 8.02. The first-order valence-electron chi connectivity index (χ1n) is 5.23. The van der Waals surface area contributed by atoms with Crippen molar-refractivity contribution in [2.75, 3.05) is 12.0 Å². The summed E-state index contributed by atoms with van der Waals surface area (Å²) in [7, 11) is 0. The van der Waals surface area contributed by atoms with Crippen molar-refractivity contribution in [1.29, 1.82) is 5.26 Å². The van der Waals surface area contributed by atoms with Crippen LogP contribution in [0.15, 0.2) is 35.4 Å². The number of hydrogen-bond acceptors (Lipinski definition) is 4. The number of allylic oxidation sites excluding steroid dienone is 2. The van der Waals surface area contributed by atoms with Crippen LogP contribution in [0.25, 0.3) is 5.57 Å². The van der Waals surface area contributed by atoms with Gasteiger partial charge in [0.2, 0.25) is 0 Å². The van der Waals surface area contributed by atoms with Crippen molar-refractivity contribution in [3.05, 3.63) is 46.5 Å². The summed E-state index contributed by atoms with van der Waals surface area (Å²) in [5.41, 5.74) is 12.6. The van der Waals surface area contributed by atoms with Crippen LogP contribution < -0.4 is 11.5 Å². The maximum atomic E-state index is 12.8. The number of alkyl halides is 2. The second kappa shape index (κ2) is 6.25. The smallest absolute Gasteiger partial charge is 0.271 e. The Hall–Kier alpha value is -2.00. The fourth-order valence-corrected chi connectivity index (χ4v) is 2.02. The monoisotopic (exact) mass is 281 g/mol. The van der Waals surface area contributed by atoms with E-state index in [0.29, 0.717) is 16.8 Å². The summed E-state index contributed by atoms with van der Waals surface area (Å²) in [6.45, 7) is 3.69. The quantitative estimate of drug-likeness (QED) is 0.657. The number of thioether (sulfide) groups is 1. The van der Waals surface area contributed by atoms with Crippen molar-refractivity contribution < 1.29 is 8.78 Å². The zero-order chi connectivity index (χ0) is 14.6. The third-order valence-electron chi connectivity index (χ3n) is 2.52. The van der Waals surface area contributed by atoms with Crippen molar-refractivity contribution in [1.82, 2.24) is 0 Å². The molecule has 0 atom stereocenters. The molecule has 0 unspecified atom stereocenters. The minimum atomic E-state index is -2.67. The maximum absolute atomic E-state index is 12.8. The average molecular weight is 281 g/mol. The Balaban J connectivity index is 3.31. The zero-order valence-electron chi connectivity index (χ0n) is 10.3. The molecule has 4 N–H and O–H groups in total. The van der Waals surface area contributed by atoms with E-state index in [1.54, 1.807) is 0 Å². The molecule has 1 aromatic carbocycles. The summed E-state index contributed by atoms with van der Waals surface area (Å²) in [6.07, 6.45) is -1.16. The van der Waals surface area contributed by atoms with Gasteiger partial charge in [-0.3, -0.25) is 0 Å². The van der Waals surface area contributed by atoms with Crippen molar-refractivity contribution in [2.24, 2.45) is 5.73 Å². The molecule has 1 rings (SSSR count). The fourth-order valence-electron chi connectivity index (χ4n) is 1.50. The fraction of sp³-hybridized carbons (Fsp3) is 0.154. The predicted molar refractivity (Wildman–Crippen MR) is 75.3 cm³/mol. The third kappa shape index (κ3) is 3.26. The standard InChI is InChI=1S/C13H13F2N3S/c1-7(11(18)12(19-2)13(14)15)9-5-8(6-16)3-4-10(9)17/h3-5,13H,1,17-18H2,2H3/b12-11-. The van der Waals surface area contributed by atoms with E-state index < -0.39 is 6.43 Å². The largest absolute Gasteiger partial charge is 0.398 e. The number of hydrogen-bond donors (Lipinski definition) is 2. The second-order valence-corrected chi connectivity index (χ2v) is 4.52. The van der Waals surface area contributed by atoms with E-state index in [4.69, 9.17) is 16.7 Å². The molecule has 0 fully saturated rings. The molecular formula is C13H13F2N3S. The van der Waals surface area contributed by atoms with Gasteiger partial charge in [0, 0.05) is 16.8 Å². The minimum absolute atomic E-state index is 0.107. The van der Waals surface area contributed by atoms with Crippen molar-refractivity contribution >= 4 is 23.0 Å². The first kappa shape index (κ1) is 15.1. The van der Waals surface area contributed by atoms with Gasteiger partial charge in [0.15, 0.2) is 0 Å². The van der Waals surface area contributed by atoms with Crippen LogP contribution in [-0.2, 0) is 0 Å². The van der Waals surface area contributed by atoms with Crippen LogP contribution in [0.4, 0.5) is 14.5 Å². The van der Waals surface area contributed by atoms with E-state index in [1.165, 1.54) is 24.5 Å². The van der Waals surface area contributed by atoms with Gasteiger partial charge in [0.25, 0.3) is 6.43 Å². The number of nitrogen functional groups attached to an aromatic ring is 1. The molecule has 3 nitrogen and oxygen atoms in total. The summed E-state index contributed by atoms with van der Waals surface area (Å²) in [5, 5.41) is 8.83. The zero-order valence-corrected chi connectivity index (χ0v) is 11.1. The third-order valence-corrected chi connectivity index (χ3v) is 3.35. The van der Waals surface area contributed by atoms with E-state index >= 15 is 0 Å². The highest BCUT2D eigenvalue weighted by Crippen LogP contribution is 2.31. The van der Waals surface area contributed by atoms with Crippen molar-refractivity contribution in [3.63, 3.8) is 0 Å². The normalized spacial score (nSPS) is 11.9. The average Bonchev–Trinajstić information content (AvgIpc) is 2.38. The van der Waals surface area contributed by atoms with Gasteiger partial charge >= 0.3 is 0 Å². The SMILES string of the molecule is C=C(/C(N)=C(/SC)C(F)F)c1cc(C#N)ccc1N. The molecule has 19 heavy (non-hydrogen) atoms. The van der Waals surface area contributed by atoms with Gasteiger partial charge in [0.1, 0.15) is 0 Å². The van der Waals surface area contributed by atoms with Gasteiger partial charge in [0.05, 0.1) is 22.2 Å². The number of nitrogens with zero attached hydrogens (tertiary/aromatic N) is 1. The van der Waals surface area contributed by atoms with Crippen LogP contribution >= 0.6 is 11.8 Å². The first-order valence-corrected chi connectivity index (χ1v) is 6.45. The molecule has 0 saturated carbocycles. The predicted octanol–water partition coefficient (Wildman–Crippen LogP) is 2.95. The molecule has 0 aliphatic heterocycles. The Morgan fingerprint density at radius 3 is 2.58 bits per heavy atom. The summed E-state index contributed by atoms with van der Waals surface area (Å²) in [6, 6.07) is 6.49. The van der Waals surface area contributed by atoms with E-state index in [0.717, 1.165) is 11.8 Å². The first-order chi connectivity index (χ1) is 8.92. The number of benzene rings is 1. The minimum Gasteiger partial charge on any atom is -0.398 e. The summed E-state index contributed by atoms with van der Waals surface area (Å²) in [5.74, 6) is 0. The lowest BCUT2D eigenvalue weighted by Crippen LogP contribution is -2.09. The molecule has 0 heterocycles. The Morgan fingerprint density at radius 1 is 1.47 bits per heavy atom. The second-order valence-electron chi connectivity index (χ2n) is 3.68. The van der Waals surface area contributed by atoms with Gasteiger partial charge in [-0.25, -0.2) is 8.78 Å². The molecule has 0 aliphatic carbocycles. The molecule has 0 spiro atoms. The van der Waals surface area contributed by atoms with Crippen LogP contribution in [0, 0.1) is 11.3 Å². The molecule has 100 valence electrons. The number of anilines is 1. The number of nitrogens with two attached hydrogens (primary N) is 2. The Bertz CT molecular complexity index is 574. The van der Waals surface area contributed by atoms with E-state index in [9.17, 15) is 8.78 Å². The lowest BCUT2D eigenvalue weighted by Gasteiger charge is -2.13. The highest BCUT2D eigenvalue weighted by Gasteiger charge is 2.18. The lowest BCUT2D eigenvalue weighted by molar-refractivity contribution is 0.199. The van der Waals surface area contributed by atoms with Crippen LogP contribution in [0.3, 0.4) is 0 Å². The number of rotatable bonds is 4. The molecule has 0 saturated heterocycles. The molecular weight excluding hydrogens is 268 g/mol. The number of halogens is 2. The van der Waals surface area contributed by atoms with Crippen molar-refractivity contribution in [2.45, 2.75) is 6.43 Å². The molecule has 0 amide bonds. The van der Waals surface area contributed by atoms with Gasteiger partial charge < -0.3 is 11.5 Å². The van der Waals surface area contributed by atoms with Crippen molar-refractivity contribution in [3.8, 4) is 6.07 Å². The molecule has 0 aromatic heterocycles. The van der Waals surface area contributed by atoms with Gasteiger partial charge in [-0.1, -0.05) is 6.58 Å². The Morgan fingerprint density at radius 2 is 2.11 bits per heavy atom. The highest BCUT2D eigenvalue weighted by atomic mass is 32.2. The lowest BCUT2D eigenvalue weighted by atomic mass is 10.00. The maximum Gasteiger partial charge on any atom is 0.271 e. The molecule has 6 heteroatoms. The summed E-state index contributed by atoms with van der Waals surface area (Å²) in [4.78, 5) is -0.258. The van der Waals surface area contributed by atoms with E-state index in [-0.39, 0.29) is 16.2 Å². The molecule has 0 bridgehead atoms. The summed E-state index contributed by atoms with van der Waals surface area (Å²) >= 11 is 0.863. The van der Waals surface area contributed by atoms with Crippen LogP contribution in [0.1, 0.15) is 11.1 Å². The molecule has 0 radical (unpaired) electrons. The van der Waals surface area contributed by atoms with Crippen LogP contribution in [0.2, 0.25) is 0 Å². The van der Waals surface area contributed by atoms with Crippen LogP contribution in [-0.4, -0.2) is 12.7 Å². The van der Waals surface area contributed by atoms with Gasteiger partial charge in [-0.2, -0.15) is 5.26 Å². The van der Waals surface area contributed by atoms with E-state index in [2.05, 4.69) is 6.58 Å². The topological polar surface area (TPSA) is 75.8 Å². The molecule has 0 aliphatic rings. The van der Waals surface area contributed by atoms with Gasteiger partial charge in [-0.15, -0.1) is 11.8 Å². The van der Waals surface area contributed by atoms with Crippen LogP contribution in [0.5, 0.6) is 0 Å². The van der Waals surface area contributed by atoms with E-state index in [1.807, 2.05) is 6.07 Å². The Kier molecular flexibility index (Phi) is 4.95. The molecule has 1 aromatic rings.